The van der Waals surface area contributed by atoms with Crippen LogP contribution in [0.2, 0.25) is 0 Å². The van der Waals surface area contributed by atoms with Crippen molar-refractivity contribution in [2.75, 3.05) is 13.2 Å². The molecule has 90 valence electrons. The van der Waals surface area contributed by atoms with Gasteiger partial charge in [0.1, 0.15) is 0 Å². The summed E-state index contributed by atoms with van der Waals surface area (Å²) in [5.41, 5.74) is 0. The Morgan fingerprint density at radius 2 is 2.19 bits per heavy atom. The Bertz CT molecular complexity index is 327. The van der Waals surface area contributed by atoms with E-state index in [9.17, 15) is 5.11 Å². The maximum atomic E-state index is 9.19. The average Bonchev–Trinajstić information content (AvgIpc) is 2.87. The molecule has 5 nitrogen and oxygen atoms in total. The van der Waals surface area contributed by atoms with E-state index in [0.29, 0.717) is 36.8 Å². The zero-order valence-corrected chi connectivity index (χ0v) is 9.65. The highest BCUT2D eigenvalue weighted by Gasteiger charge is 2.25. The van der Waals surface area contributed by atoms with E-state index >= 15 is 0 Å². The molecule has 0 bridgehead atoms. The van der Waals surface area contributed by atoms with Crippen molar-refractivity contribution in [1.82, 2.24) is 15.5 Å². The summed E-state index contributed by atoms with van der Waals surface area (Å²) >= 11 is 0. The van der Waals surface area contributed by atoms with Gasteiger partial charge < -0.3 is 14.8 Å². The minimum atomic E-state index is 0.312. The fourth-order valence-electron chi connectivity index (χ4n) is 2.40. The summed E-state index contributed by atoms with van der Waals surface area (Å²) in [6.07, 6.45) is 3.60. The Morgan fingerprint density at radius 1 is 1.38 bits per heavy atom. The second-order valence-electron chi connectivity index (χ2n) is 4.48. The SMILES string of the molecule is Cc1nnc(CNCC2CCCC2CO)o1. The van der Waals surface area contributed by atoms with Crippen molar-refractivity contribution in [2.45, 2.75) is 32.7 Å². The van der Waals surface area contributed by atoms with Crippen molar-refractivity contribution in [3.05, 3.63) is 11.8 Å². The fraction of sp³-hybridized carbons (Fsp3) is 0.818. The van der Waals surface area contributed by atoms with E-state index in [1.807, 2.05) is 0 Å². The summed E-state index contributed by atoms with van der Waals surface area (Å²) in [6.45, 7) is 3.64. The van der Waals surface area contributed by atoms with Crippen LogP contribution in [0.1, 0.15) is 31.0 Å². The molecule has 1 fully saturated rings. The molecule has 1 aliphatic rings. The molecule has 0 aromatic carbocycles. The number of aliphatic hydroxyl groups excluding tert-OH is 1. The molecule has 0 saturated heterocycles. The number of hydrogen-bond donors (Lipinski definition) is 2. The van der Waals surface area contributed by atoms with E-state index in [1.165, 1.54) is 12.8 Å². The predicted molar refractivity (Wildman–Crippen MR) is 58.7 cm³/mol. The zero-order chi connectivity index (χ0) is 11.4. The third-order valence-corrected chi connectivity index (χ3v) is 3.30. The fourth-order valence-corrected chi connectivity index (χ4v) is 2.40. The van der Waals surface area contributed by atoms with E-state index in [1.54, 1.807) is 6.92 Å². The second kappa shape index (κ2) is 5.41. The molecular formula is C11H19N3O2. The van der Waals surface area contributed by atoms with E-state index in [-0.39, 0.29) is 0 Å². The first-order valence-corrected chi connectivity index (χ1v) is 5.90. The summed E-state index contributed by atoms with van der Waals surface area (Å²) in [7, 11) is 0. The molecule has 2 N–H and O–H groups in total. The molecule has 16 heavy (non-hydrogen) atoms. The quantitative estimate of drug-likeness (QED) is 0.778. The van der Waals surface area contributed by atoms with Gasteiger partial charge in [0.25, 0.3) is 0 Å². The lowest BCUT2D eigenvalue weighted by atomic mass is 9.97. The lowest BCUT2D eigenvalue weighted by molar-refractivity contribution is 0.191. The highest BCUT2D eigenvalue weighted by Crippen LogP contribution is 2.30. The predicted octanol–water partition coefficient (Wildman–Crippen LogP) is 0.876. The molecule has 0 amide bonds. The standard InChI is InChI=1S/C11H19N3O2/c1-8-13-14-11(16-8)6-12-5-9-3-2-4-10(9)7-15/h9-10,12,15H,2-7H2,1H3. The third-order valence-electron chi connectivity index (χ3n) is 3.30. The summed E-state index contributed by atoms with van der Waals surface area (Å²) < 4.78 is 5.27. The smallest absolute Gasteiger partial charge is 0.230 e. The number of aromatic nitrogens is 2. The van der Waals surface area contributed by atoms with Crippen LogP contribution < -0.4 is 5.32 Å². The normalized spacial score (nSPS) is 25.1. The number of nitrogens with zero attached hydrogens (tertiary/aromatic N) is 2. The van der Waals surface area contributed by atoms with Crippen LogP contribution >= 0.6 is 0 Å². The number of aryl methyl sites for hydroxylation is 1. The van der Waals surface area contributed by atoms with Gasteiger partial charge in [-0.05, 0) is 31.2 Å². The van der Waals surface area contributed by atoms with Crippen LogP contribution in [-0.2, 0) is 6.54 Å². The zero-order valence-electron chi connectivity index (χ0n) is 9.65. The topological polar surface area (TPSA) is 71.2 Å². The van der Waals surface area contributed by atoms with Gasteiger partial charge >= 0.3 is 0 Å². The van der Waals surface area contributed by atoms with Gasteiger partial charge in [0, 0.05) is 13.5 Å². The maximum absolute atomic E-state index is 9.19. The number of nitrogens with one attached hydrogen (secondary N) is 1. The van der Waals surface area contributed by atoms with Crippen LogP contribution in [0.25, 0.3) is 0 Å². The van der Waals surface area contributed by atoms with E-state index in [2.05, 4.69) is 15.5 Å². The first-order chi connectivity index (χ1) is 7.79. The summed E-state index contributed by atoms with van der Waals surface area (Å²) in [5, 5.41) is 20.2. The molecular weight excluding hydrogens is 206 g/mol. The molecule has 0 spiro atoms. The van der Waals surface area contributed by atoms with Gasteiger partial charge in [-0.2, -0.15) is 0 Å². The Labute approximate surface area is 95.3 Å². The third kappa shape index (κ3) is 2.80. The van der Waals surface area contributed by atoms with Crippen LogP contribution in [-0.4, -0.2) is 28.5 Å². The van der Waals surface area contributed by atoms with Crippen LogP contribution in [0.15, 0.2) is 4.42 Å². The van der Waals surface area contributed by atoms with Crippen molar-refractivity contribution in [1.29, 1.82) is 0 Å². The van der Waals surface area contributed by atoms with Crippen LogP contribution in [0.4, 0.5) is 0 Å². The van der Waals surface area contributed by atoms with Crippen molar-refractivity contribution >= 4 is 0 Å². The minimum Gasteiger partial charge on any atom is -0.424 e. The van der Waals surface area contributed by atoms with E-state index in [0.717, 1.165) is 13.0 Å². The summed E-state index contributed by atoms with van der Waals surface area (Å²) in [4.78, 5) is 0. The van der Waals surface area contributed by atoms with E-state index in [4.69, 9.17) is 4.42 Å². The van der Waals surface area contributed by atoms with Gasteiger partial charge in [-0.1, -0.05) is 6.42 Å². The van der Waals surface area contributed by atoms with Gasteiger partial charge in [0.15, 0.2) is 0 Å². The molecule has 1 aromatic rings. The lowest BCUT2D eigenvalue weighted by Crippen LogP contribution is -2.26. The monoisotopic (exact) mass is 225 g/mol. The summed E-state index contributed by atoms with van der Waals surface area (Å²) in [5.74, 6) is 2.30. The number of aliphatic hydroxyl groups is 1. The molecule has 1 aromatic heterocycles. The molecule has 5 heteroatoms. The first kappa shape index (κ1) is 11.5. The molecule has 0 radical (unpaired) electrons. The Balaban J connectivity index is 1.71. The molecule has 2 unspecified atom stereocenters. The average molecular weight is 225 g/mol. The molecule has 1 heterocycles. The van der Waals surface area contributed by atoms with Crippen LogP contribution in [0.5, 0.6) is 0 Å². The lowest BCUT2D eigenvalue weighted by Gasteiger charge is -2.17. The molecule has 1 aliphatic carbocycles. The number of rotatable bonds is 5. The van der Waals surface area contributed by atoms with Gasteiger partial charge in [-0.3, -0.25) is 0 Å². The highest BCUT2D eigenvalue weighted by molar-refractivity contribution is 4.81. The minimum absolute atomic E-state index is 0.312. The van der Waals surface area contributed by atoms with Crippen molar-refractivity contribution < 1.29 is 9.52 Å². The summed E-state index contributed by atoms with van der Waals surface area (Å²) in [6, 6.07) is 0. The molecule has 2 atom stereocenters. The van der Waals surface area contributed by atoms with Gasteiger partial charge in [0.2, 0.25) is 11.8 Å². The second-order valence-corrected chi connectivity index (χ2v) is 4.48. The molecule has 1 saturated carbocycles. The van der Waals surface area contributed by atoms with E-state index < -0.39 is 0 Å². The Hall–Kier alpha value is -0.940. The highest BCUT2D eigenvalue weighted by atomic mass is 16.4. The molecule has 2 rings (SSSR count). The van der Waals surface area contributed by atoms with Crippen molar-refractivity contribution in [3.8, 4) is 0 Å². The molecule has 0 aliphatic heterocycles. The van der Waals surface area contributed by atoms with Crippen molar-refractivity contribution in [3.63, 3.8) is 0 Å². The maximum Gasteiger partial charge on any atom is 0.230 e. The first-order valence-electron chi connectivity index (χ1n) is 5.90. The Kier molecular flexibility index (Phi) is 3.90. The van der Waals surface area contributed by atoms with Crippen LogP contribution in [0.3, 0.4) is 0 Å². The van der Waals surface area contributed by atoms with Gasteiger partial charge in [-0.15, -0.1) is 10.2 Å². The largest absolute Gasteiger partial charge is 0.424 e. The number of hydrogen-bond acceptors (Lipinski definition) is 5. The van der Waals surface area contributed by atoms with Gasteiger partial charge in [-0.25, -0.2) is 0 Å². The van der Waals surface area contributed by atoms with Crippen molar-refractivity contribution in [2.24, 2.45) is 11.8 Å². The Morgan fingerprint density at radius 3 is 2.88 bits per heavy atom. The van der Waals surface area contributed by atoms with Gasteiger partial charge in [0.05, 0.1) is 6.54 Å². The van der Waals surface area contributed by atoms with Crippen LogP contribution in [0, 0.1) is 18.8 Å².